The monoisotopic (exact) mass is 406 g/mol. The minimum atomic E-state index is -0.467. The summed E-state index contributed by atoms with van der Waals surface area (Å²) < 4.78 is 5.16. The van der Waals surface area contributed by atoms with Gasteiger partial charge in [-0.1, -0.05) is 60.7 Å². The lowest BCUT2D eigenvalue weighted by Crippen LogP contribution is -2.43. The van der Waals surface area contributed by atoms with Crippen LogP contribution in [0.4, 0.5) is 0 Å². The molecule has 0 atom stereocenters. The first-order chi connectivity index (χ1) is 14.6. The highest BCUT2D eigenvalue weighted by Gasteiger charge is 2.26. The third-order valence-corrected chi connectivity index (χ3v) is 5.04. The normalized spacial score (nSPS) is 14.5. The predicted octanol–water partition coefficient (Wildman–Crippen LogP) is 2.80. The van der Waals surface area contributed by atoms with Gasteiger partial charge in [0.1, 0.15) is 13.2 Å². The third kappa shape index (κ3) is 6.58. The Balaban J connectivity index is 1.36. The quantitative estimate of drug-likeness (QED) is 0.567. The number of carbonyl (C=O) groups excluding carboxylic acids is 3. The fourth-order valence-electron chi connectivity index (χ4n) is 3.29. The SMILES string of the molecule is O=C(CNC(=O)C1CCN(C(=O)C=Cc2ccccc2)CC1)OCc1ccccc1. The van der Waals surface area contributed by atoms with E-state index in [1.54, 1.807) is 17.1 Å². The van der Waals surface area contributed by atoms with Crippen molar-refractivity contribution in [2.45, 2.75) is 19.4 Å². The van der Waals surface area contributed by atoms with Gasteiger partial charge in [-0.25, -0.2) is 0 Å². The lowest BCUT2D eigenvalue weighted by molar-refractivity contribution is -0.145. The van der Waals surface area contributed by atoms with Crippen LogP contribution in [0.25, 0.3) is 6.08 Å². The molecule has 2 aromatic rings. The van der Waals surface area contributed by atoms with E-state index in [9.17, 15) is 14.4 Å². The molecule has 156 valence electrons. The molecule has 0 aliphatic carbocycles. The van der Waals surface area contributed by atoms with E-state index in [-0.39, 0.29) is 30.9 Å². The molecular formula is C24H26N2O4. The summed E-state index contributed by atoms with van der Waals surface area (Å²) in [5, 5.41) is 2.65. The molecule has 0 saturated carbocycles. The van der Waals surface area contributed by atoms with Crippen LogP contribution in [0.2, 0.25) is 0 Å². The number of hydrogen-bond acceptors (Lipinski definition) is 4. The van der Waals surface area contributed by atoms with Gasteiger partial charge in [0.25, 0.3) is 0 Å². The van der Waals surface area contributed by atoms with Crippen molar-refractivity contribution in [1.82, 2.24) is 10.2 Å². The van der Waals surface area contributed by atoms with Gasteiger partial charge < -0.3 is 15.0 Å². The second kappa shape index (κ2) is 11.0. The molecule has 0 unspecified atom stereocenters. The lowest BCUT2D eigenvalue weighted by atomic mass is 9.96. The minimum absolute atomic E-state index is 0.0535. The number of hydrogen-bond donors (Lipinski definition) is 1. The van der Waals surface area contributed by atoms with E-state index in [4.69, 9.17) is 4.74 Å². The number of piperidine rings is 1. The molecule has 1 N–H and O–H groups in total. The van der Waals surface area contributed by atoms with Gasteiger partial charge in [0.15, 0.2) is 0 Å². The van der Waals surface area contributed by atoms with Crippen molar-refractivity contribution >= 4 is 23.9 Å². The summed E-state index contributed by atoms with van der Waals surface area (Å²) in [4.78, 5) is 38.2. The first kappa shape index (κ1) is 21.3. The molecule has 1 heterocycles. The van der Waals surface area contributed by atoms with E-state index in [2.05, 4.69) is 5.32 Å². The Labute approximate surface area is 176 Å². The zero-order valence-electron chi connectivity index (χ0n) is 16.8. The topological polar surface area (TPSA) is 75.7 Å². The Bertz CT molecular complexity index is 873. The summed E-state index contributed by atoms with van der Waals surface area (Å²) in [7, 11) is 0. The number of amides is 2. The van der Waals surface area contributed by atoms with E-state index >= 15 is 0 Å². The van der Waals surface area contributed by atoms with Crippen molar-refractivity contribution in [3.8, 4) is 0 Å². The van der Waals surface area contributed by atoms with Crippen LogP contribution in [0, 0.1) is 5.92 Å². The summed E-state index contributed by atoms with van der Waals surface area (Å²) in [6.07, 6.45) is 4.52. The van der Waals surface area contributed by atoms with Crippen molar-refractivity contribution in [1.29, 1.82) is 0 Å². The maximum absolute atomic E-state index is 12.3. The number of rotatable bonds is 7. The molecule has 1 fully saturated rings. The van der Waals surface area contributed by atoms with Crippen LogP contribution >= 0.6 is 0 Å². The zero-order valence-corrected chi connectivity index (χ0v) is 16.8. The Kier molecular flexibility index (Phi) is 7.78. The Morgan fingerprint density at radius 3 is 2.27 bits per heavy atom. The number of likely N-dealkylation sites (tertiary alicyclic amines) is 1. The molecular weight excluding hydrogens is 380 g/mol. The molecule has 30 heavy (non-hydrogen) atoms. The Morgan fingerprint density at radius 1 is 0.967 bits per heavy atom. The fraction of sp³-hybridized carbons (Fsp3) is 0.292. The van der Waals surface area contributed by atoms with Gasteiger partial charge in [-0.2, -0.15) is 0 Å². The number of ether oxygens (including phenoxy) is 1. The molecule has 6 nitrogen and oxygen atoms in total. The van der Waals surface area contributed by atoms with E-state index in [1.165, 1.54) is 0 Å². The number of benzene rings is 2. The van der Waals surface area contributed by atoms with Gasteiger partial charge in [0, 0.05) is 25.1 Å². The lowest BCUT2D eigenvalue weighted by Gasteiger charge is -2.30. The van der Waals surface area contributed by atoms with Crippen molar-refractivity contribution in [3.63, 3.8) is 0 Å². The maximum atomic E-state index is 12.3. The molecule has 3 rings (SSSR count). The Hall–Kier alpha value is -3.41. The summed E-state index contributed by atoms with van der Waals surface area (Å²) in [5.41, 5.74) is 1.87. The molecule has 1 saturated heterocycles. The third-order valence-electron chi connectivity index (χ3n) is 5.04. The summed E-state index contributed by atoms with van der Waals surface area (Å²) in [5.74, 6) is -0.888. The Morgan fingerprint density at radius 2 is 1.60 bits per heavy atom. The molecule has 0 aromatic heterocycles. The van der Waals surface area contributed by atoms with Crippen LogP contribution < -0.4 is 5.32 Å². The van der Waals surface area contributed by atoms with Crippen molar-refractivity contribution < 1.29 is 19.1 Å². The summed E-state index contributed by atoms with van der Waals surface area (Å²) >= 11 is 0. The molecule has 0 bridgehead atoms. The van der Waals surface area contributed by atoms with E-state index in [0.717, 1.165) is 11.1 Å². The first-order valence-corrected chi connectivity index (χ1v) is 10.1. The number of nitrogens with zero attached hydrogens (tertiary/aromatic N) is 1. The molecule has 0 spiro atoms. The molecule has 2 amide bonds. The summed E-state index contributed by atoms with van der Waals surface area (Å²) in [6, 6.07) is 19.0. The summed E-state index contributed by atoms with van der Waals surface area (Å²) in [6.45, 7) is 1.08. The maximum Gasteiger partial charge on any atom is 0.325 e. The van der Waals surface area contributed by atoms with Gasteiger partial charge in [-0.3, -0.25) is 14.4 Å². The zero-order chi connectivity index (χ0) is 21.2. The second-order valence-corrected chi connectivity index (χ2v) is 7.21. The smallest absolute Gasteiger partial charge is 0.325 e. The van der Waals surface area contributed by atoms with E-state index in [1.807, 2.05) is 60.7 Å². The largest absolute Gasteiger partial charge is 0.460 e. The van der Waals surface area contributed by atoms with Crippen LogP contribution in [-0.2, 0) is 25.7 Å². The van der Waals surface area contributed by atoms with Crippen LogP contribution in [0.15, 0.2) is 66.7 Å². The highest BCUT2D eigenvalue weighted by molar-refractivity contribution is 5.92. The van der Waals surface area contributed by atoms with Crippen LogP contribution in [-0.4, -0.2) is 42.3 Å². The number of esters is 1. The van der Waals surface area contributed by atoms with Gasteiger partial charge in [0.05, 0.1) is 0 Å². The minimum Gasteiger partial charge on any atom is -0.460 e. The van der Waals surface area contributed by atoms with Crippen LogP contribution in [0.1, 0.15) is 24.0 Å². The fourth-order valence-corrected chi connectivity index (χ4v) is 3.29. The highest BCUT2D eigenvalue weighted by atomic mass is 16.5. The number of nitrogens with one attached hydrogen (secondary N) is 1. The van der Waals surface area contributed by atoms with Crippen molar-refractivity contribution in [3.05, 3.63) is 77.9 Å². The predicted molar refractivity (Wildman–Crippen MR) is 114 cm³/mol. The van der Waals surface area contributed by atoms with Crippen LogP contribution in [0.5, 0.6) is 0 Å². The van der Waals surface area contributed by atoms with Gasteiger partial charge in [-0.15, -0.1) is 0 Å². The first-order valence-electron chi connectivity index (χ1n) is 10.1. The standard InChI is InChI=1S/C24H26N2O4/c27-22(12-11-19-7-3-1-4-8-19)26-15-13-21(14-16-26)24(29)25-17-23(28)30-18-20-9-5-2-6-10-20/h1-12,21H,13-18H2,(H,25,29). The second-order valence-electron chi connectivity index (χ2n) is 7.21. The van der Waals surface area contributed by atoms with Crippen molar-refractivity contribution in [2.75, 3.05) is 19.6 Å². The molecule has 0 radical (unpaired) electrons. The van der Waals surface area contributed by atoms with Crippen molar-refractivity contribution in [2.24, 2.45) is 5.92 Å². The molecule has 1 aliphatic rings. The van der Waals surface area contributed by atoms with Gasteiger partial charge in [-0.05, 0) is 30.0 Å². The molecule has 6 heteroatoms. The average molecular weight is 406 g/mol. The van der Waals surface area contributed by atoms with Gasteiger partial charge >= 0.3 is 5.97 Å². The van der Waals surface area contributed by atoms with E-state index < -0.39 is 5.97 Å². The average Bonchev–Trinajstić information content (AvgIpc) is 2.81. The van der Waals surface area contributed by atoms with Gasteiger partial charge in [0.2, 0.25) is 11.8 Å². The van der Waals surface area contributed by atoms with Crippen LogP contribution in [0.3, 0.4) is 0 Å². The molecule has 1 aliphatic heterocycles. The number of carbonyl (C=O) groups is 3. The highest BCUT2D eigenvalue weighted by Crippen LogP contribution is 2.18. The van der Waals surface area contributed by atoms with E-state index in [0.29, 0.717) is 25.9 Å². The molecule has 2 aromatic carbocycles.